The Hall–Kier alpha value is -0.490. The van der Waals surface area contributed by atoms with Crippen LogP contribution in [0.25, 0.3) is 0 Å². The Morgan fingerprint density at radius 1 is 1.62 bits per heavy atom. The first-order chi connectivity index (χ1) is 7.68. The van der Waals surface area contributed by atoms with Gasteiger partial charge in [0.05, 0.1) is 23.4 Å². The zero-order valence-electron chi connectivity index (χ0n) is 10.3. The highest BCUT2D eigenvalue weighted by molar-refractivity contribution is 7.07. The van der Waals surface area contributed by atoms with Crippen molar-refractivity contribution in [2.24, 2.45) is 5.73 Å². The smallest absolute Gasteiger partial charge is 0.0795 e. The van der Waals surface area contributed by atoms with E-state index in [2.05, 4.69) is 29.2 Å². The monoisotopic (exact) mass is 243 g/mol. The van der Waals surface area contributed by atoms with Gasteiger partial charge >= 0.3 is 0 Å². The number of likely N-dealkylation sites (N-methyl/N-ethyl adjacent to an activating group) is 1. The second-order valence-electron chi connectivity index (χ2n) is 4.05. The molecule has 0 aliphatic heterocycles. The van der Waals surface area contributed by atoms with E-state index in [9.17, 15) is 0 Å². The standard InChI is InChI=1S/C11H21N3OS/c1-4-11(7-12,8-15-3)14(2)5-10-6-16-9-13-10/h6,9H,4-5,7-8,12H2,1-3H3. The molecule has 0 saturated carbocycles. The van der Waals surface area contributed by atoms with Crippen molar-refractivity contribution in [2.45, 2.75) is 25.4 Å². The molecule has 0 fully saturated rings. The first kappa shape index (κ1) is 13.6. The van der Waals surface area contributed by atoms with Crippen molar-refractivity contribution in [1.29, 1.82) is 0 Å². The summed E-state index contributed by atoms with van der Waals surface area (Å²) in [5, 5.41) is 2.07. The van der Waals surface area contributed by atoms with Crippen molar-refractivity contribution < 1.29 is 4.74 Å². The average molecular weight is 243 g/mol. The largest absolute Gasteiger partial charge is 0.383 e. The molecule has 0 saturated heterocycles. The Kier molecular flexibility index (Phi) is 5.34. The summed E-state index contributed by atoms with van der Waals surface area (Å²) in [6.07, 6.45) is 0.970. The first-order valence-electron chi connectivity index (χ1n) is 5.46. The minimum Gasteiger partial charge on any atom is -0.383 e. The van der Waals surface area contributed by atoms with Crippen LogP contribution >= 0.6 is 11.3 Å². The molecule has 0 aliphatic rings. The lowest BCUT2D eigenvalue weighted by atomic mass is 9.95. The zero-order chi connectivity index (χ0) is 12.0. The van der Waals surface area contributed by atoms with E-state index in [1.54, 1.807) is 18.4 Å². The second kappa shape index (κ2) is 6.30. The molecule has 1 aromatic rings. The number of nitrogens with two attached hydrogens (primary N) is 1. The van der Waals surface area contributed by atoms with Crippen LogP contribution in [0.5, 0.6) is 0 Å². The van der Waals surface area contributed by atoms with Crippen LogP contribution < -0.4 is 5.73 Å². The Balaban J connectivity index is 2.70. The maximum Gasteiger partial charge on any atom is 0.0795 e. The van der Waals surface area contributed by atoms with Crippen LogP contribution in [0, 0.1) is 0 Å². The highest BCUT2D eigenvalue weighted by Crippen LogP contribution is 2.20. The molecular formula is C11H21N3OS. The van der Waals surface area contributed by atoms with Gasteiger partial charge in [0.25, 0.3) is 0 Å². The number of hydrogen-bond donors (Lipinski definition) is 1. The lowest BCUT2D eigenvalue weighted by molar-refractivity contribution is 0.0228. The predicted octanol–water partition coefficient (Wildman–Crippen LogP) is 1.33. The lowest BCUT2D eigenvalue weighted by Crippen LogP contribution is -2.54. The predicted molar refractivity (Wildman–Crippen MR) is 67.5 cm³/mol. The van der Waals surface area contributed by atoms with Gasteiger partial charge in [-0.3, -0.25) is 4.90 Å². The Bertz CT molecular complexity index is 285. The van der Waals surface area contributed by atoms with E-state index < -0.39 is 0 Å². The number of ether oxygens (including phenoxy) is 1. The van der Waals surface area contributed by atoms with Crippen molar-refractivity contribution in [3.63, 3.8) is 0 Å². The molecular weight excluding hydrogens is 222 g/mol. The third-order valence-electron chi connectivity index (χ3n) is 3.14. The zero-order valence-corrected chi connectivity index (χ0v) is 11.1. The van der Waals surface area contributed by atoms with Crippen LogP contribution in [0.1, 0.15) is 19.0 Å². The Morgan fingerprint density at radius 3 is 2.81 bits per heavy atom. The molecule has 1 heterocycles. The number of thiazole rings is 1. The fourth-order valence-corrected chi connectivity index (χ4v) is 2.39. The molecule has 1 atom stereocenters. The molecule has 4 nitrogen and oxygen atoms in total. The molecule has 0 aliphatic carbocycles. The molecule has 0 bridgehead atoms. The molecule has 2 N–H and O–H groups in total. The quantitative estimate of drug-likeness (QED) is 0.785. The molecule has 5 heteroatoms. The van der Waals surface area contributed by atoms with Crippen LogP contribution in [0.2, 0.25) is 0 Å². The summed E-state index contributed by atoms with van der Waals surface area (Å²) in [4.78, 5) is 6.54. The molecule has 0 radical (unpaired) electrons. The van der Waals surface area contributed by atoms with Crippen molar-refractivity contribution >= 4 is 11.3 Å². The van der Waals surface area contributed by atoms with Crippen molar-refractivity contribution in [2.75, 3.05) is 27.3 Å². The molecule has 0 spiro atoms. The molecule has 16 heavy (non-hydrogen) atoms. The number of hydrogen-bond acceptors (Lipinski definition) is 5. The van der Waals surface area contributed by atoms with E-state index in [1.165, 1.54) is 0 Å². The number of rotatable bonds is 7. The molecule has 0 aromatic carbocycles. The van der Waals surface area contributed by atoms with E-state index >= 15 is 0 Å². The van der Waals surface area contributed by atoms with Crippen LogP contribution in [-0.4, -0.2) is 42.7 Å². The fraction of sp³-hybridized carbons (Fsp3) is 0.727. The summed E-state index contributed by atoms with van der Waals surface area (Å²) in [7, 11) is 3.80. The average Bonchev–Trinajstić information content (AvgIpc) is 2.78. The van der Waals surface area contributed by atoms with Gasteiger partial charge in [-0.05, 0) is 13.5 Å². The van der Waals surface area contributed by atoms with Crippen LogP contribution in [0.4, 0.5) is 0 Å². The first-order valence-corrected chi connectivity index (χ1v) is 6.40. The van der Waals surface area contributed by atoms with Gasteiger partial charge in [0, 0.05) is 25.6 Å². The highest BCUT2D eigenvalue weighted by atomic mass is 32.1. The third-order valence-corrected chi connectivity index (χ3v) is 3.78. The summed E-state index contributed by atoms with van der Waals surface area (Å²) in [6, 6.07) is 0. The van der Waals surface area contributed by atoms with Gasteiger partial charge in [-0.15, -0.1) is 11.3 Å². The van der Waals surface area contributed by atoms with Crippen LogP contribution in [0.15, 0.2) is 10.9 Å². The maximum absolute atomic E-state index is 5.89. The lowest BCUT2D eigenvalue weighted by Gasteiger charge is -2.39. The molecule has 1 aromatic heterocycles. The van der Waals surface area contributed by atoms with Gasteiger partial charge in [-0.2, -0.15) is 0 Å². The third kappa shape index (κ3) is 3.01. The van der Waals surface area contributed by atoms with Gasteiger partial charge in [0.1, 0.15) is 0 Å². The topological polar surface area (TPSA) is 51.4 Å². The summed E-state index contributed by atoms with van der Waals surface area (Å²) >= 11 is 1.62. The molecule has 1 rings (SSSR count). The summed E-state index contributed by atoms with van der Waals surface area (Å²) in [6.45, 7) is 4.21. The Morgan fingerprint density at radius 2 is 2.38 bits per heavy atom. The number of nitrogens with zero attached hydrogens (tertiary/aromatic N) is 2. The van der Waals surface area contributed by atoms with E-state index in [4.69, 9.17) is 10.5 Å². The van der Waals surface area contributed by atoms with E-state index in [0.29, 0.717) is 13.2 Å². The van der Waals surface area contributed by atoms with Gasteiger partial charge in [0.15, 0.2) is 0 Å². The molecule has 92 valence electrons. The number of aromatic nitrogens is 1. The SMILES string of the molecule is CCC(CN)(COC)N(C)Cc1cscn1. The summed E-state index contributed by atoms with van der Waals surface area (Å²) in [5.41, 5.74) is 8.76. The normalized spacial score (nSPS) is 15.3. The molecule has 1 unspecified atom stereocenters. The van der Waals surface area contributed by atoms with E-state index in [0.717, 1.165) is 18.7 Å². The van der Waals surface area contributed by atoms with Crippen LogP contribution in [-0.2, 0) is 11.3 Å². The molecule has 0 amide bonds. The van der Waals surface area contributed by atoms with Gasteiger partial charge < -0.3 is 10.5 Å². The minimum absolute atomic E-state index is 0.0850. The second-order valence-corrected chi connectivity index (χ2v) is 4.77. The van der Waals surface area contributed by atoms with Gasteiger partial charge in [-0.25, -0.2) is 4.98 Å². The van der Waals surface area contributed by atoms with Gasteiger partial charge in [0.2, 0.25) is 0 Å². The van der Waals surface area contributed by atoms with Gasteiger partial charge in [-0.1, -0.05) is 6.92 Å². The summed E-state index contributed by atoms with van der Waals surface area (Å²) < 4.78 is 5.29. The van der Waals surface area contributed by atoms with E-state index in [-0.39, 0.29) is 5.54 Å². The highest BCUT2D eigenvalue weighted by Gasteiger charge is 2.31. The van der Waals surface area contributed by atoms with Crippen LogP contribution in [0.3, 0.4) is 0 Å². The van der Waals surface area contributed by atoms with Crippen molar-refractivity contribution in [3.05, 3.63) is 16.6 Å². The number of methoxy groups -OCH3 is 1. The summed E-state index contributed by atoms with van der Waals surface area (Å²) in [5.74, 6) is 0. The fourth-order valence-electron chi connectivity index (χ4n) is 1.84. The van der Waals surface area contributed by atoms with Crippen molar-refractivity contribution in [1.82, 2.24) is 9.88 Å². The van der Waals surface area contributed by atoms with Crippen molar-refractivity contribution in [3.8, 4) is 0 Å². The van der Waals surface area contributed by atoms with E-state index in [1.807, 2.05) is 5.51 Å². The Labute approximate surface area is 101 Å². The maximum atomic E-state index is 5.89. The minimum atomic E-state index is -0.0850.